The minimum atomic E-state index is -1.45. The number of benzene rings is 1. The third kappa shape index (κ3) is 7.27. The van der Waals surface area contributed by atoms with E-state index in [4.69, 9.17) is 23.8 Å². The first-order chi connectivity index (χ1) is 24.2. The van der Waals surface area contributed by atoms with Crippen LogP contribution in [0.3, 0.4) is 0 Å². The molecule has 1 saturated carbocycles. The molecule has 4 aliphatic heterocycles. The molecule has 5 aliphatic rings. The first-order valence-electron chi connectivity index (χ1n) is 17.5. The highest BCUT2D eigenvalue weighted by molar-refractivity contribution is 5.97. The van der Waals surface area contributed by atoms with Crippen LogP contribution in [0.25, 0.3) is 6.08 Å². The van der Waals surface area contributed by atoms with Crippen LogP contribution in [-0.2, 0) is 54.3 Å². The van der Waals surface area contributed by atoms with Crippen LogP contribution in [0.2, 0.25) is 0 Å². The van der Waals surface area contributed by atoms with Gasteiger partial charge in [-0.25, -0.2) is 0 Å². The van der Waals surface area contributed by atoms with Crippen LogP contribution in [0, 0.1) is 5.41 Å². The molecule has 278 valence electrons. The standard InChI is InChI=1S/C36H48N4O11/c1-35(2,3)50-27(43)15-13-23(19-41)37-32(44)24-11-8-16-39(24)34(46)36-17-25-28-29(48-20-47-28)31(36)51-40(30(36)33(45)49-25)18-22-10-7-6-9-21(22)12-14-26(42)38(4)5/h6-7,9-10,12,14,23-25,28-31,41H,8,11,13,15-20H2,1-5H3,(H,37,44)/t23-,24+,25+,28-,29-,30-,31+,36-/m0/s1. The van der Waals surface area contributed by atoms with Crippen molar-refractivity contribution in [2.75, 3.05) is 34.0 Å². The molecular formula is C36H48N4O11. The van der Waals surface area contributed by atoms with E-state index in [0.29, 0.717) is 12.8 Å². The summed E-state index contributed by atoms with van der Waals surface area (Å²) in [6.07, 6.45) is 1.36. The van der Waals surface area contributed by atoms with Gasteiger partial charge in [-0.05, 0) is 57.2 Å². The first-order valence-corrected chi connectivity index (χ1v) is 17.5. The van der Waals surface area contributed by atoms with Gasteiger partial charge in [0.05, 0.1) is 19.2 Å². The Bertz CT molecular complexity index is 1560. The lowest BCUT2D eigenvalue weighted by Gasteiger charge is -2.50. The van der Waals surface area contributed by atoms with Gasteiger partial charge in [-0.3, -0.25) is 28.8 Å². The van der Waals surface area contributed by atoms with Crippen LogP contribution >= 0.6 is 0 Å². The zero-order valence-corrected chi connectivity index (χ0v) is 29.7. The molecule has 3 amide bonds. The maximum absolute atomic E-state index is 15.0. The van der Waals surface area contributed by atoms with Crippen molar-refractivity contribution in [3.63, 3.8) is 0 Å². The van der Waals surface area contributed by atoms with Gasteiger partial charge in [-0.15, -0.1) is 0 Å². The van der Waals surface area contributed by atoms with Crippen LogP contribution in [0.4, 0.5) is 0 Å². The highest BCUT2D eigenvalue weighted by Crippen LogP contribution is 2.56. The second-order valence-electron chi connectivity index (χ2n) is 15.0. The summed E-state index contributed by atoms with van der Waals surface area (Å²) in [6.45, 7) is 5.20. The summed E-state index contributed by atoms with van der Waals surface area (Å²) in [5.74, 6) is -2.13. The molecule has 0 spiro atoms. The number of carbonyl (C=O) groups is 5. The lowest BCUT2D eigenvalue weighted by molar-refractivity contribution is -0.204. The number of hydrogen-bond donors (Lipinski definition) is 2. The number of ether oxygens (including phenoxy) is 4. The number of likely N-dealkylation sites (tertiary alicyclic amines) is 1. The summed E-state index contributed by atoms with van der Waals surface area (Å²) in [5, 5.41) is 14.3. The highest BCUT2D eigenvalue weighted by atomic mass is 16.8. The minimum absolute atomic E-state index is 0.00522. The zero-order valence-electron chi connectivity index (χ0n) is 29.7. The van der Waals surface area contributed by atoms with Gasteiger partial charge in [-0.2, -0.15) is 5.06 Å². The van der Waals surface area contributed by atoms with Gasteiger partial charge >= 0.3 is 11.9 Å². The summed E-state index contributed by atoms with van der Waals surface area (Å²) >= 11 is 0. The number of aliphatic hydroxyl groups excluding tert-OH is 1. The highest BCUT2D eigenvalue weighted by Gasteiger charge is 2.75. The predicted octanol–water partition coefficient (Wildman–Crippen LogP) is 0.919. The molecule has 6 rings (SSSR count). The predicted molar refractivity (Wildman–Crippen MR) is 179 cm³/mol. The zero-order chi connectivity index (χ0) is 36.7. The molecule has 8 atom stereocenters. The van der Waals surface area contributed by atoms with Crippen molar-refractivity contribution < 1.29 is 52.9 Å². The van der Waals surface area contributed by atoms with Crippen LogP contribution in [0.15, 0.2) is 30.3 Å². The quantitative estimate of drug-likeness (QED) is 0.246. The van der Waals surface area contributed by atoms with Gasteiger partial charge in [0.15, 0.2) is 6.04 Å². The normalized spacial score (nSPS) is 30.5. The number of nitrogens with zero attached hydrogens (tertiary/aromatic N) is 3. The van der Waals surface area contributed by atoms with E-state index >= 15 is 4.79 Å². The Morgan fingerprint density at radius 2 is 1.90 bits per heavy atom. The number of carbonyl (C=O) groups excluding carboxylic acids is 5. The minimum Gasteiger partial charge on any atom is -0.460 e. The Hall–Kier alpha value is -3.89. The molecular weight excluding hydrogens is 664 g/mol. The molecule has 4 saturated heterocycles. The Morgan fingerprint density at radius 1 is 1.16 bits per heavy atom. The third-order valence-electron chi connectivity index (χ3n) is 10.2. The Balaban J connectivity index is 1.25. The number of hydroxylamine groups is 2. The van der Waals surface area contributed by atoms with Crippen molar-refractivity contribution in [1.82, 2.24) is 20.2 Å². The third-order valence-corrected chi connectivity index (χ3v) is 10.2. The van der Waals surface area contributed by atoms with Gasteiger partial charge < -0.3 is 39.2 Å². The lowest BCUT2D eigenvalue weighted by Crippen LogP contribution is -2.70. The van der Waals surface area contributed by atoms with E-state index in [2.05, 4.69) is 5.32 Å². The maximum atomic E-state index is 15.0. The number of fused-ring (bicyclic) bond motifs is 4. The molecule has 0 unspecified atom stereocenters. The molecule has 2 N–H and O–H groups in total. The SMILES string of the molecule is CN(C)C(=O)C=Cc1ccccc1CN1O[C@@H]2[C@H]3OCO[C@H]3[C@H]3C[C@]2(C(=O)N2CCC[C@@H]2C(=O)N[C@H](CO)CCC(=O)OC(C)(C)C)[C@@H]1C(=O)O3. The van der Waals surface area contributed by atoms with Crippen LogP contribution in [0.1, 0.15) is 64.0 Å². The molecule has 5 fully saturated rings. The molecule has 0 radical (unpaired) electrons. The molecule has 51 heavy (non-hydrogen) atoms. The summed E-state index contributed by atoms with van der Waals surface area (Å²) in [6, 6.07) is 4.62. The summed E-state index contributed by atoms with van der Waals surface area (Å²) < 4.78 is 23.1. The van der Waals surface area contributed by atoms with E-state index in [9.17, 15) is 24.3 Å². The fourth-order valence-electron chi connectivity index (χ4n) is 7.87. The molecule has 2 bridgehead atoms. The number of amides is 3. The van der Waals surface area contributed by atoms with Crippen molar-refractivity contribution in [3.8, 4) is 0 Å². The van der Waals surface area contributed by atoms with Crippen LogP contribution in [0.5, 0.6) is 0 Å². The van der Waals surface area contributed by atoms with Gasteiger partial charge in [0.25, 0.3) is 0 Å². The van der Waals surface area contributed by atoms with E-state index in [-0.39, 0.29) is 45.1 Å². The molecule has 4 heterocycles. The average Bonchev–Trinajstić information content (AvgIpc) is 3.83. The molecule has 15 nitrogen and oxygen atoms in total. The number of likely N-dealkylation sites (N-methyl/N-ethyl adjacent to an activating group) is 1. The van der Waals surface area contributed by atoms with Crippen molar-refractivity contribution >= 4 is 35.7 Å². The summed E-state index contributed by atoms with van der Waals surface area (Å²) in [5.41, 5.74) is -0.634. The molecule has 1 aromatic rings. The number of esters is 2. The first kappa shape index (κ1) is 36.9. The lowest BCUT2D eigenvalue weighted by atomic mass is 9.62. The number of rotatable bonds is 11. The molecule has 0 aromatic heterocycles. The van der Waals surface area contributed by atoms with Crippen molar-refractivity contribution in [2.24, 2.45) is 5.41 Å². The number of aliphatic hydroxyl groups is 1. The van der Waals surface area contributed by atoms with Crippen LogP contribution in [-0.4, -0.2) is 132 Å². The smallest absolute Gasteiger partial charge is 0.327 e. The monoisotopic (exact) mass is 712 g/mol. The maximum Gasteiger partial charge on any atom is 0.327 e. The number of nitrogens with one attached hydrogen (secondary N) is 1. The molecule has 1 aliphatic carbocycles. The number of hydrogen-bond acceptors (Lipinski definition) is 12. The van der Waals surface area contributed by atoms with E-state index in [1.807, 2.05) is 24.3 Å². The van der Waals surface area contributed by atoms with Crippen molar-refractivity contribution in [1.29, 1.82) is 0 Å². The van der Waals surface area contributed by atoms with Gasteiger partial charge in [0.2, 0.25) is 17.7 Å². The van der Waals surface area contributed by atoms with E-state index in [1.165, 1.54) is 20.9 Å². The fourth-order valence-corrected chi connectivity index (χ4v) is 7.87. The van der Waals surface area contributed by atoms with E-state index < -0.39 is 83.9 Å². The second kappa shape index (κ2) is 14.6. The summed E-state index contributed by atoms with van der Waals surface area (Å²) in [7, 11) is 3.32. The largest absolute Gasteiger partial charge is 0.460 e. The van der Waals surface area contributed by atoms with Crippen molar-refractivity contribution in [3.05, 3.63) is 41.5 Å². The van der Waals surface area contributed by atoms with Gasteiger partial charge in [0, 0.05) is 39.6 Å². The van der Waals surface area contributed by atoms with E-state index in [0.717, 1.165) is 11.1 Å². The summed E-state index contributed by atoms with van der Waals surface area (Å²) in [4.78, 5) is 76.8. The molecule has 15 heteroatoms. The Kier molecular flexibility index (Phi) is 10.6. The second-order valence-corrected chi connectivity index (χ2v) is 15.0. The Morgan fingerprint density at radius 3 is 2.63 bits per heavy atom. The van der Waals surface area contributed by atoms with Gasteiger partial charge in [0.1, 0.15) is 48.3 Å². The average molecular weight is 713 g/mol. The van der Waals surface area contributed by atoms with Gasteiger partial charge in [-0.1, -0.05) is 24.3 Å². The van der Waals surface area contributed by atoms with Crippen molar-refractivity contribution in [2.45, 2.75) is 108 Å². The topological polar surface area (TPSA) is 173 Å². The fraction of sp³-hybridized carbons (Fsp3) is 0.639. The van der Waals surface area contributed by atoms with E-state index in [1.54, 1.807) is 40.9 Å². The Labute approximate surface area is 297 Å². The molecule has 1 aromatic carbocycles. The van der Waals surface area contributed by atoms with Crippen LogP contribution < -0.4 is 5.32 Å².